The van der Waals surface area contributed by atoms with E-state index >= 15 is 0 Å². The molecule has 2 aromatic heterocycles. The predicted octanol–water partition coefficient (Wildman–Crippen LogP) is 2.22. The van der Waals surface area contributed by atoms with Crippen molar-refractivity contribution < 1.29 is 4.42 Å². The van der Waals surface area contributed by atoms with E-state index in [0.717, 1.165) is 25.1 Å². The van der Waals surface area contributed by atoms with Crippen LogP contribution < -0.4 is 5.32 Å². The zero-order valence-corrected chi connectivity index (χ0v) is 10.7. The average Bonchev–Trinajstić information content (AvgIpc) is 3.01. The van der Waals surface area contributed by atoms with Gasteiger partial charge in [-0.15, -0.1) is 0 Å². The Morgan fingerprint density at radius 2 is 2.50 bits per heavy atom. The van der Waals surface area contributed by atoms with Crippen LogP contribution in [0.3, 0.4) is 0 Å². The summed E-state index contributed by atoms with van der Waals surface area (Å²) in [7, 11) is 2.03. The lowest BCUT2D eigenvalue weighted by Gasteiger charge is -2.23. The van der Waals surface area contributed by atoms with Crippen molar-refractivity contribution in [2.45, 2.75) is 31.7 Å². The van der Waals surface area contributed by atoms with E-state index < -0.39 is 0 Å². The summed E-state index contributed by atoms with van der Waals surface area (Å²) in [6.07, 6.45) is 8.29. The first-order valence-corrected chi connectivity index (χ1v) is 6.61. The van der Waals surface area contributed by atoms with E-state index in [1.54, 1.807) is 6.26 Å². The Kier molecular flexibility index (Phi) is 3.19. The van der Waals surface area contributed by atoms with Gasteiger partial charge in [0.05, 0.1) is 12.5 Å². The summed E-state index contributed by atoms with van der Waals surface area (Å²) in [5.74, 6) is 1.05. The molecule has 1 unspecified atom stereocenters. The molecule has 2 aromatic rings. The molecule has 96 valence electrons. The van der Waals surface area contributed by atoms with Crippen LogP contribution >= 0.6 is 0 Å². The van der Waals surface area contributed by atoms with Crippen LogP contribution in [0.15, 0.2) is 29.0 Å². The van der Waals surface area contributed by atoms with Crippen LogP contribution in [0.2, 0.25) is 0 Å². The number of aromatic nitrogens is 2. The number of aryl methyl sites for hydroxylation is 1. The van der Waals surface area contributed by atoms with Gasteiger partial charge in [-0.2, -0.15) is 5.10 Å². The maximum absolute atomic E-state index is 5.34. The maximum Gasteiger partial charge on any atom is 0.105 e. The number of hydrogen-bond acceptors (Lipinski definition) is 3. The van der Waals surface area contributed by atoms with Gasteiger partial charge in [-0.3, -0.25) is 4.68 Å². The fourth-order valence-electron chi connectivity index (χ4n) is 2.74. The third-order valence-electron chi connectivity index (χ3n) is 3.72. The number of rotatable bonds is 4. The van der Waals surface area contributed by atoms with E-state index in [2.05, 4.69) is 10.4 Å². The van der Waals surface area contributed by atoms with Crippen LogP contribution in [0.5, 0.6) is 0 Å². The third kappa shape index (κ3) is 2.20. The van der Waals surface area contributed by atoms with Gasteiger partial charge in [0.2, 0.25) is 0 Å². The summed E-state index contributed by atoms with van der Waals surface area (Å²) >= 11 is 0. The highest BCUT2D eigenvalue weighted by Crippen LogP contribution is 2.28. The average molecular weight is 245 g/mol. The van der Waals surface area contributed by atoms with Crippen LogP contribution in [0.4, 0.5) is 0 Å². The molecule has 4 nitrogen and oxygen atoms in total. The van der Waals surface area contributed by atoms with Crippen molar-refractivity contribution in [3.63, 3.8) is 0 Å². The van der Waals surface area contributed by atoms with E-state index in [4.69, 9.17) is 4.42 Å². The first-order valence-electron chi connectivity index (χ1n) is 6.61. The fraction of sp³-hybridized carbons (Fsp3) is 0.500. The van der Waals surface area contributed by atoms with Gasteiger partial charge in [-0.1, -0.05) is 0 Å². The molecule has 0 amide bonds. The molecule has 1 aliphatic rings. The van der Waals surface area contributed by atoms with Gasteiger partial charge in [-0.25, -0.2) is 0 Å². The molecule has 0 radical (unpaired) electrons. The fourth-order valence-corrected chi connectivity index (χ4v) is 2.74. The Bertz CT molecular complexity index is 501. The summed E-state index contributed by atoms with van der Waals surface area (Å²) in [5.41, 5.74) is 2.76. The smallest absolute Gasteiger partial charge is 0.105 e. The topological polar surface area (TPSA) is 43.0 Å². The largest absolute Gasteiger partial charge is 0.469 e. The van der Waals surface area contributed by atoms with E-state index in [9.17, 15) is 0 Å². The monoisotopic (exact) mass is 245 g/mol. The van der Waals surface area contributed by atoms with Crippen LogP contribution in [0, 0.1) is 0 Å². The maximum atomic E-state index is 5.34. The number of nitrogens with one attached hydrogen (secondary N) is 1. The van der Waals surface area contributed by atoms with Crippen LogP contribution in [-0.4, -0.2) is 16.3 Å². The Labute approximate surface area is 107 Å². The summed E-state index contributed by atoms with van der Waals surface area (Å²) in [6.45, 7) is 0.951. The van der Waals surface area contributed by atoms with Crippen molar-refractivity contribution in [2.24, 2.45) is 7.05 Å². The summed E-state index contributed by atoms with van der Waals surface area (Å²) < 4.78 is 7.35. The van der Waals surface area contributed by atoms with Gasteiger partial charge in [0.1, 0.15) is 5.76 Å². The first-order chi connectivity index (χ1) is 8.84. The zero-order valence-electron chi connectivity index (χ0n) is 10.7. The van der Waals surface area contributed by atoms with Gasteiger partial charge in [-0.05, 0) is 31.4 Å². The molecule has 0 spiro atoms. The SMILES string of the molecule is Cn1ncc2c1CCCC2NCCc1ccco1. The molecule has 1 N–H and O–H groups in total. The van der Waals surface area contributed by atoms with E-state index in [1.165, 1.54) is 24.1 Å². The molecular formula is C14H19N3O. The molecule has 0 fully saturated rings. The van der Waals surface area contributed by atoms with Crippen molar-refractivity contribution in [3.05, 3.63) is 41.6 Å². The van der Waals surface area contributed by atoms with Crippen molar-refractivity contribution >= 4 is 0 Å². The molecule has 1 atom stereocenters. The van der Waals surface area contributed by atoms with Gasteiger partial charge < -0.3 is 9.73 Å². The van der Waals surface area contributed by atoms with Crippen LogP contribution in [-0.2, 0) is 19.9 Å². The Balaban J connectivity index is 1.60. The highest BCUT2D eigenvalue weighted by Gasteiger charge is 2.22. The van der Waals surface area contributed by atoms with E-state index in [0.29, 0.717) is 6.04 Å². The normalized spacial score (nSPS) is 18.8. The van der Waals surface area contributed by atoms with Gasteiger partial charge in [0.15, 0.2) is 0 Å². The molecule has 18 heavy (non-hydrogen) atoms. The molecule has 0 saturated heterocycles. The molecule has 1 aliphatic carbocycles. The van der Waals surface area contributed by atoms with Crippen molar-refractivity contribution in [1.82, 2.24) is 15.1 Å². The second-order valence-corrected chi connectivity index (χ2v) is 4.90. The van der Waals surface area contributed by atoms with Crippen LogP contribution in [0.25, 0.3) is 0 Å². The predicted molar refractivity (Wildman–Crippen MR) is 69.3 cm³/mol. The quantitative estimate of drug-likeness (QED) is 0.898. The Hall–Kier alpha value is -1.55. The molecule has 0 aliphatic heterocycles. The van der Waals surface area contributed by atoms with E-state index in [1.807, 2.05) is 30.1 Å². The Morgan fingerprint density at radius 3 is 3.33 bits per heavy atom. The standard InChI is InChI=1S/C14H19N3O/c1-17-14-6-2-5-13(12(14)10-16-17)15-8-7-11-4-3-9-18-11/h3-4,9-10,13,15H,2,5-8H2,1H3. The molecule has 2 heterocycles. The number of fused-ring (bicyclic) bond motifs is 1. The highest BCUT2D eigenvalue weighted by atomic mass is 16.3. The molecule has 0 bridgehead atoms. The van der Waals surface area contributed by atoms with Crippen molar-refractivity contribution in [3.8, 4) is 0 Å². The zero-order chi connectivity index (χ0) is 12.4. The first kappa shape index (κ1) is 11.5. The minimum atomic E-state index is 0.456. The molecular weight excluding hydrogens is 226 g/mol. The highest BCUT2D eigenvalue weighted by molar-refractivity contribution is 5.24. The Morgan fingerprint density at radius 1 is 1.56 bits per heavy atom. The van der Waals surface area contributed by atoms with Crippen molar-refractivity contribution in [1.29, 1.82) is 0 Å². The minimum Gasteiger partial charge on any atom is -0.469 e. The number of hydrogen-bond donors (Lipinski definition) is 1. The second kappa shape index (κ2) is 4.98. The number of furan rings is 1. The summed E-state index contributed by atoms with van der Waals surface area (Å²) in [6, 6.07) is 4.42. The second-order valence-electron chi connectivity index (χ2n) is 4.90. The van der Waals surface area contributed by atoms with Gasteiger partial charge >= 0.3 is 0 Å². The van der Waals surface area contributed by atoms with Gasteiger partial charge in [0.25, 0.3) is 0 Å². The summed E-state index contributed by atoms with van der Waals surface area (Å²) in [4.78, 5) is 0. The van der Waals surface area contributed by atoms with Gasteiger partial charge in [0, 0.05) is 37.3 Å². The molecule has 0 saturated carbocycles. The lowest BCUT2D eigenvalue weighted by atomic mass is 9.93. The lowest BCUT2D eigenvalue weighted by Crippen LogP contribution is -2.27. The minimum absolute atomic E-state index is 0.456. The number of nitrogens with zero attached hydrogens (tertiary/aromatic N) is 2. The van der Waals surface area contributed by atoms with Crippen LogP contribution in [0.1, 0.15) is 35.9 Å². The van der Waals surface area contributed by atoms with E-state index in [-0.39, 0.29) is 0 Å². The molecule has 3 rings (SSSR count). The lowest BCUT2D eigenvalue weighted by molar-refractivity contribution is 0.438. The molecule has 0 aromatic carbocycles. The van der Waals surface area contributed by atoms with Crippen molar-refractivity contribution in [2.75, 3.05) is 6.54 Å². The molecule has 4 heteroatoms. The summed E-state index contributed by atoms with van der Waals surface area (Å²) in [5, 5.41) is 7.98. The third-order valence-corrected chi connectivity index (χ3v) is 3.72.